The molecule has 2 amide bonds. The lowest BCUT2D eigenvalue weighted by atomic mass is 9.84. The van der Waals surface area contributed by atoms with Gasteiger partial charge in [-0.2, -0.15) is 0 Å². The van der Waals surface area contributed by atoms with Gasteiger partial charge in [0.25, 0.3) is 11.8 Å². The number of nitrogens with one attached hydrogen (secondary N) is 2. The van der Waals surface area contributed by atoms with Crippen molar-refractivity contribution < 1.29 is 9.59 Å². The molecule has 4 saturated carbocycles. The van der Waals surface area contributed by atoms with E-state index in [1.807, 2.05) is 0 Å². The van der Waals surface area contributed by atoms with Crippen molar-refractivity contribution in [1.82, 2.24) is 15.6 Å². The lowest BCUT2D eigenvalue weighted by molar-refractivity contribution is 0.0898. The molecule has 1 aromatic heterocycles. The van der Waals surface area contributed by atoms with E-state index in [-0.39, 0.29) is 23.9 Å². The van der Waals surface area contributed by atoms with Crippen LogP contribution in [0.4, 0.5) is 0 Å². The largest absolute Gasteiger partial charge is 0.349 e. The highest BCUT2D eigenvalue weighted by atomic mass is 16.2. The number of aromatic nitrogens is 1. The molecule has 1 aromatic rings. The number of rotatable bonds is 6. The highest BCUT2D eigenvalue weighted by molar-refractivity contribution is 5.96. The zero-order chi connectivity index (χ0) is 20.8. The van der Waals surface area contributed by atoms with E-state index in [2.05, 4.69) is 29.5 Å². The Morgan fingerprint density at radius 3 is 1.83 bits per heavy atom. The molecule has 0 aromatic carbocycles. The lowest BCUT2D eigenvalue weighted by Crippen LogP contribution is -2.41. The van der Waals surface area contributed by atoms with Crippen molar-refractivity contribution in [3.8, 4) is 0 Å². The minimum atomic E-state index is -0.132. The number of hydrogen-bond donors (Lipinski definition) is 2. The summed E-state index contributed by atoms with van der Waals surface area (Å²) < 4.78 is 0. The zero-order valence-electron chi connectivity index (χ0n) is 18.3. The number of hydrogen-bond acceptors (Lipinski definition) is 3. The highest BCUT2D eigenvalue weighted by Crippen LogP contribution is 2.50. The van der Waals surface area contributed by atoms with Gasteiger partial charge < -0.3 is 10.6 Å². The van der Waals surface area contributed by atoms with Gasteiger partial charge in [0.2, 0.25) is 0 Å². The summed E-state index contributed by atoms with van der Waals surface area (Å²) in [5, 5.41) is 6.33. The first-order chi connectivity index (χ1) is 14.5. The number of amides is 2. The minimum absolute atomic E-state index is 0.0833. The third-order valence-electron chi connectivity index (χ3n) is 8.85. The van der Waals surface area contributed by atoms with Crippen molar-refractivity contribution in [2.75, 3.05) is 0 Å². The third kappa shape index (κ3) is 3.76. The average molecular weight is 410 g/mol. The summed E-state index contributed by atoms with van der Waals surface area (Å²) >= 11 is 0. The van der Waals surface area contributed by atoms with E-state index in [1.165, 1.54) is 51.4 Å². The second-order valence-electron chi connectivity index (χ2n) is 10.6. The minimum Gasteiger partial charge on any atom is -0.349 e. The Morgan fingerprint density at radius 1 is 0.833 bits per heavy atom. The smallest absolute Gasteiger partial charge is 0.270 e. The number of fused-ring (bicyclic) bond motifs is 4. The molecule has 1 heterocycles. The van der Waals surface area contributed by atoms with Gasteiger partial charge >= 0.3 is 0 Å². The Labute approximate surface area is 179 Å². The summed E-state index contributed by atoms with van der Waals surface area (Å²) in [7, 11) is 0. The molecule has 30 heavy (non-hydrogen) atoms. The molecule has 8 atom stereocenters. The molecule has 8 unspecified atom stereocenters. The monoisotopic (exact) mass is 409 g/mol. The number of nitrogens with zero attached hydrogens (tertiary/aromatic N) is 1. The van der Waals surface area contributed by atoms with Crippen molar-refractivity contribution in [2.45, 2.75) is 77.3 Å². The van der Waals surface area contributed by atoms with E-state index in [9.17, 15) is 9.59 Å². The summed E-state index contributed by atoms with van der Waals surface area (Å²) in [6.45, 7) is 4.26. The van der Waals surface area contributed by atoms with Crippen molar-refractivity contribution >= 4 is 11.8 Å². The fourth-order valence-electron chi connectivity index (χ4n) is 7.26. The van der Waals surface area contributed by atoms with E-state index < -0.39 is 0 Å². The predicted molar refractivity (Wildman–Crippen MR) is 116 cm³/mol. The molecule has 5 rings (SSSR count). The SMILES string of the molecule is CC(NC(=O)c1ccc(C(=O)NC(C)C2CC3CCC2C3)nc1)C1CC2CCC1C2. The average Bonchev–Trinajstić information content (AvgIpc) is 3.55. The standard InChI is InChI=1S/C25H35N3O2/c1-14(21-11-16-3-5-18(21)9-16)27-24(29)20-7-8-23(26-13-20)25(30)28-15(2)22-12-17-4-6-19(22)10-17/h7-8,13-19,21-22H,3-6,9-12H2,1-2H3,(H,27,29)(H,28,30). The van der Waals surface area contributed by atoms with Crippen molar-refractivity contribution in [2.24, 2.45) is 35.5 Å². The van der Waals surface area contributed by atoms with Crippen LogP contribution in [-0.2, 0) is 0 Å². The van der Waals surface area contributed by atoms with Gasteiger partial charge in [-0.25, -0.2) is 0 Å². The summed E-state index contributed by atoms with van der Waals surface area (Å²) in [5.41, 5.74) is 0.922. The van der Waals surface area contributed by atoms with Crippen LogP contribution < -0.4 is 10.6 Å². The Morgan fingerprint density at radius 2 is 1.40 bits per heavy atom. The van der Waals surface area contributed by atoms with Crippen LogP contribution in [0.15, 0.2) is 18.3 Å². The number of carbonyl (C=O) groups excluding carboxylic acids is 2. The molecule has 5 heteroatoms. The van der Waals surface area contributed by atoms with E-state index in [0.717, 1.165) is 23.7 Å². The summed E-state index contributed by atoms with van der Waals surface area (Å²) in [6.07, 6.45) is 12.1. The maximum atomic E-state index is 12.7. The first kappa shape index (κ1) is 20.0. The maximum Gasteiger partial charge on any atom is 0.270 e. The first-order valence-electron chi connectivity index (χ1n) is 12.1. The number of pyridine rings is 1. The van der Waals surface area contributed by atoms with Gasteiger partial charge in [-0.1, -0.05) is 12.8 Å². The van der Waals surface area contributed by atoms with Crippen LogP contribution in [0.25, 0.3) is 0 Å². The van der Waals surface area contributed by atoms with Crippen molar-refractivity contribution in [3.63, 3.8) is 0 Å². The molecule has 4 bridgehead atoms. The Kier molecular flexibility index (Phi) is 5.32. The van der Waals surface area contributed by atoms with E-state index >= 15 is 0 Å². The van der Waals surface area contributed by atoms with Gasteiger partial charge in [-0.15, -0.1) is 0 Å². The molecule has 0 aliphatic heterocycles. The van der Waals surface area contributed by atoms with Crippen LogP contribution in [0, 0.1) is 35.5 Å². The lowest BCUT2D eigenvalue weighted by Gasteiger charge is -2.28. The second kappa shape index (κ2) is 7.97. The van der Waals surface area contributed by atoms with Gasteiger partial charge in [0.1, 0.15) is 5.69 Å². The van der Waals surface area contributed by atoms with Crippen LogP contribution in [0.1, 0.15) is 86.1 Å². The van der Waals surface area contributed by atoms with Gasteiger partial charge in [-0.05, 0) is 100 Å². The second-order valence-corrected chi connectivity index (χ2v) is 10.6. The Bertz CT molecular complexity index is 740. The van der Waals surface area contributed by atoms with Gasteiger partial charge in [-0.3, -0.25) is 14.6 Å². The van der Waals surface area contributed by atoms with Crippen molar-refractivity contribution in [3.05, 3.63) is 29.6 Å². The topological polar surface area (TPSA) is 71.1 Å². The van der Waals surface area contributed by atoms with E-state index in [1.54, 1.807) is 18.3 Å². The van der Waals surface area contributed by atoms with Gasteiger partial charge in [0.15, 0.2) is 0 Å². The van der Waals surface area contributed by atoms with Gasteiger partial charge in [0, 0.05) is 18.3 Å². The van der Waals surface area contributed by atoms with Crippen molar-refractivity contribution in [1.29, 1.82) is 0 Å². The van der Waals surface area contributed by atoms with Crippen LogP contribution in [-0.4, -0.2) is 28.9 Å². The third-order valence-corrected chi connectivity index (χ3v) is 8.85. The van der Waals surface area contributed by atoms with Crippen LogP contribution in [0.5, 0.6) is 0 Å². The van der Waals surface area contributed by atoms with Crippen LogP contribution >= 0.6 is 0 Å². The summed E-state index contributed by atoms with van der Waals surface area (Å²) in [6, 6.07) is 3.78. The molecule has 0 spiro atoms. The quantitative estimate of drug-likeness (QED) is 0.740. The number of carbonyl (C=O) groups is 2. The summed E-state index contributed by atoms with van der Waals surface area (Å²) in [5.74, 6) is 4.31. The molecule has 4 aliphatic carbocycles. The molecule has 2 N–H and O–H groups in total. The molecule has 4 aliphatic rings. The molecular formula is C25H35N3O2. The van der Waals surface area contributed by atoms with E-state index in [4.69, 9.17) is 0 Å². The zero-order valence-corrected chi connectivity index (χ0v) is 18.3. The summed E-state index contributed by atoms with van der Waals surface area (Å²) in [4.78, 5) is 29.6. The molecule has 162 valence electrons. The highest BCUT2D eigenvalue weighted by Gasteiger charge is 2.43. The maximum absolute atomic E-state index is 12.7. The fraction of sp³-hybridized carbons (Fsp3) is 0.720. The molecule has 4 fully saturated rings. The van der Waals surface area contributed by atoms with Crippen LogP contribution in [0.3, 0.4) is 0 Å². The predicted octanol–water partition coefficient (Wildman–Crippen LogP) is 4.19. The Hall–Kier alpha value is -1.91. The molecular weight excluding hydrogens is 374 g/mol. The molecule has 5 nitrogen and oxygen atoms in total. The molecule has 0 radical (unpaired) electrons. The fourth-order valence-corrected chi connectivity index (χ4v) is 7.26. The Balaban J connectivity index is 1.15. The van der Waals surface area contributed by atoms with Crippen LogP contribution in [0.2, 0.25) is 0 Å². The van der Waals surface area contributed by atoms with Gasteiger partial charge in [0.05, 0.1) is 5.56 Å². The molecule has 0 saturated heterocycles. The normalized spacial score (nSPS) is 35.9. The first-order valence-corrected chi connectivity index (χ1v) is 12.1. The van der Waals surface area contributed by atoms with E-state index in [0.29, 0.717) is 23.1 Å².